The third-order valence-corrected chi connectivity index (χ3v) is 7.05. The van der Waals surface area contributed by atoms with Crippen molar-refractivity contribution in [2.45, 2.75) is 38.1 Å². The molecule has 1 aliphatic rings. The van der Waals surface area contributed by atoms with Gasteiger partial charge in [0.05, 0.1) is 12.9 Å². The number of hydrogen-bond donors (Lipinski definition) is 1. The molecule has 0 bridgehead atoms. The number of rotatable bonds is 5. The number of carbonyl (C=O) groups excluding carboxylic acids is 1. The summed E-state index contributed by atoms with van der Waals surface area (Å²) in [7, 11) is 1.61. The number of aromatic nitrogens is 2. The molecule has 0 saturated heterocycles. The van der Waals surface area contributed by atoms with Crippen molar-refractivity contribution >= 4 is 44.9 Å². The molecule has 2 aromatic heterocycles. The predicted octanol–water partition coefficient (Wildman–Crippen LogP) is 4.86. The molecule has 1 aromatic carbocycles. The second-order valence-corrected chi connectivity index (χ2v) is 9.22. The molecule has 3 aromatic rings. The van der Waals surface area contributed by atoms with Gasteiger partial charge in [-0.2, -0.15) is 0 Å². The molecule has 5 nitrogen and oxygen atoms in total. The molecule has 0 saturated carbocycles. The molecule has 1 atom stereocenters. The molecule has 2 heterocycles. The maximum absolute atomic E-state index is 12.5. The van der Waals surface area contributed by atoms with Gasteiger partial charge in [-0.3, -0.25) is 4.79 Å². The Kier molecular flexibility index (Phi) is 5.55. The quantitative estimate of drug-likeness (QED) is 0.478. The minimum absolute atomic E-state index is 0.0552. The van der Waals surface area contributed by atoms with Gasteiger partial charge in [0.1, 0.15) is 21.4 Å². The number of fused-ring (bicyclic) bond motifs is 3. The van der Waals surface area contributed by atoms with E-state index in [4.69, 9.17) is 4.74 Å². The highest BCUT2D eigenvalue weighted by Crippen LogP contribution is 2.40. The van der Waals surface area contributed by atoms with Crippen LogP contribution in [0.5, 0.6) is 5.75 Å². The number of carbonyl (C=O) groups is 1. The van der Waals surface area contributed by atoms with Gasteiger partial charge in [0.15, 0.2) is 0 Å². The molecule has 0 spiro atoms. The van der Waals surface area contributed by atoms with Crippen LogP contribution in [0.3, 0.4) is 0 Å². The summed E-state index contributed by atoms with van der Waals surface area (Å²) < 4.78 is 5.21. The van der Waals surface area contributed by atoms with Crippen LogP contribution in [0.4, 0.5) is 5.69 Å². The highest BCUT2D eigenvalue weighted by atomic mass is 32.2. The fraction of sp³-hybridized carbons (Fsp3) is 0.381. The van der Waals surface area contributed by atoms with Gasteiger partial charge in [-0.25, -0.2) is 9.97 Å². The zero-order valence-electron chi connectivity index (χ0n) is 16.2. The van der Waals surface area contributed by atoms with Crippen molar-refractivity contribution in [2.75, 3.05) is 18.2 Å². The number of ether oxygens (including phenoxy) is 1. The van der Waals surface area contributed by atoms with E-state index in [1.165, 1.54) is 28.6 Å². The fourth-order valence-corrected chi connectivity index (χ4v) is 5.94. The predicted molar refractivity (Wildman–Crippen MR) is 116 cm³/mol. The molecule has 28 heavy (non-hydrogen) atoms. The zero-order valence-corrected chi connectivity index (χ0v) is 17.9. The Bertz CT molecular complexity index is 1030. The monoisotopic (exact) mass is 413 g/mol. The van der Waals surface area contributed by atoms with Gasteiger partial charge >= 0.3 is 0 Å². The van der Waals surface area contributed by atoms with Gasteiger partial charge < -0.3 is 10.1 Å². The zero-order chi connectivity index (χ0) is 19.7. The number of benzene rings is 1. The van der Waals surface area contributed by atoms with Gasteiger partial charge in [-0.1, -0.05) is 24.8 Å². The average molecular weight is 414 g/mol. The molecule has 1 unspecified atom stereocenters. The Morgan fingerprint density at radius 1 is 1.39 bits per heavy atom. The van der Waals surface area contributed by atoms with Gasteiger partial charge in [0.2, 0.25) is 5.91 Å². The van der Waals surface area contributed by atoms with E-state index in [0.29, 0.717) is 5.75 Å². The first-order valence-corrected chi connectivity index (χ1v) is 11.2. The Labute approximate surface area is 172 Å². The number of thioether (sulfide) groups is 1. The van der Waals surface area contributed by atoms with E-state index in [9.17, 15) is 4.79 Å². The Morgan fingerprint density at radius 2 is 2.25 bits per heavy atom. The van der Waals surface area contributed by atoms with E-state index < -0.39 is 0 Å². The molecule has 7 heteroatoms. The average Bonchev–Trinajstić information content (AvgIpc) is 3.03. The summed E-state index contributed by atoms with van der Waals surface area (Å²) in [6, 6.07) is 7.38. The second kappa shape index (κ2) is 8.09. The lowest BCUT2D eigenvalue weighted by atomic mass is 9.89. The SMILES string of the molecule is COc1cccc(NC(=O)CSc2nc(C)nc3sc4c(c23)CCC(C)C4)c1. The Hall–Kier alpha value is -2.12. The van der Waals surface area contributed by atoms with E-state index in [-0.39, 0.29) is 5.91 Å². The van der Waals surface area contributed by atoms with Crippen LogP contribution in [-0.2, 0) is 17.6 Å². The minimum Gasteiger partial charge on any atom is -0.497 e. The van der Waals surface area contributed by atoms with Gasteiger partial charge in [-0.15, -0.1) is 11.3 Å². The first-order valence-electron chi connectivity index (χ1n) is 9.39. The largest absolute Gasteiger partial charge is 0.497 e. The number of hydrogen-bond acceptors (Lipinski definition) is 6. The van der Waals surface area contributed by atoms with E-state index in [1.54, 1.807) is 18.4 Å². The number of thiophene rings is 1. The summed E-state index contributed by atoms with van der Waals surface area (Å²) in [6.07, 6.45) is 3.40. The van der Waals surface area contributed by atoms with Gasteiger partial charge in [-0.05, 0) is 49.8 Å². The molecular weight excluding hydrogens is 390 g/mol. The van der Waals surface area contributed by atoms with Crippen molar-refractivity contribution < 1.29 is 9.53 Å². The standard InChI is InChI=1S/C21H23N3O2S2/c1-12-7-8-16-17(9-12)28-21-19(16)20(22-13(2)23-21)27-11-18(25)24-14-5-4-6-15(10-14)26-3/h4-6,10,12H,7-9,11H2,1-3H3,(H,24,25). The van der Waals surface area contributed by atoms with Gasteiger partial charge in [0.25, 0.3) is 0 Å². The molecule has 1 aliphatic carbocycles. The normalized spacial score (nSPS) is 16.0. The second-order valence-electron chi connectivity index (χ2n) is 7.18. The summed E-state index contributed by atoms with van der Waals surface area (Å²) in [4.78, 5) is 24.3. The summed E-state index contributed by atoms with van der Waals surface area (Å²) in [6.45, 7) is 4.23. The molecule has 0 fully saturated rings. The first-order chi connectivity index (χ1) is 13.5. The highest BCUT2D eigenvalue weighted by Gasteiger charge is 2.24. The van der Waals surface area contributed by atoms with Crippen LogP contribution in [0.2, 0.25) is 0 Å². The van der Waals surface area contributed by atoms with E-state index in [0.717, 1.165) is 51.3 Å². The number of nitrogens with zero attached hydrogens (tertiary/aromatic N) is 2. The molecular formula is C21H23N3O2S2. The molecule has 4 rings (SSSR count). The summed E-state index contributed by atoms with van der Waals surface area (Å²) in [5.41, 5.74) is 2.13. The van der Waals surface area contributed by atoms with Crippen molar-refractivity contribution in [3.63, 3.8) is 0 Å². The minimum atomic E-state index is -0.0552. The maximum Gasteiger partial charge on any atom is 0.234 e. The Balaban J connectivity index is 1.53. The third kappa shape index (κ3) is 4.00. The van der Waals surface area contributed by atoms with Crippen molar-refractivity contribution in [1.29, 1.82) is 0 Å². The number of methoxy groups -OCH3 is 1. The summed E-state index contributed by atoms with van der Waals surface area (Å²) in [5.74, 6) is 2.45. The fourth-order valence-electron chi connectivity index (χ4n) is 3.55. The number of aryl methyl sites for hydroxylation is 2. The molecule has 0 radical (unpaired) electrons. The van der Waals surface area contributed by atoms with Crippen molar-refractivity contribution in [2.24, 2.45) is 5.92 Å². The highest BCUT2D eigenvalue weighted by molar-refractivity contribution is 8.00. The van der Waals surface area contributed by atoms with E-state index >= 15 is 0 Å². The van der Waals surface area contributed by atoms with Gasteiger partial charge in [0, 0.05) is 22.0 Å². The number of amides is 1. The molecule has 146 valence electrons. The van der Waals surface area contributed by atoms with Crippen LogP contribution in [0.25, 0.3) is 10.2 Å². The third-order valence-electron chi connectivity index (χ3n) is 4.93. The number of nitrogens with one attached hydrogen (secondary N) is 1. The van der Waals surface area contributed by atoms with Crippen LogP contribution in [0.1, 0.15) is 29.6 Å². The summed E-state index contributed by atoms with van der Waals surface area (Å²) >= 11 is 3.29. The van der Waals surface area contributed by atoms with Crippen LogP contribution in [0, 0.1) is 12.8 Å². The summed E-state index contributed by atoms with van der Waals surface area (Å²) in [5, 5.41) is 5.02. The molecule has 1 amide bonds. The maximum atomic E-state index is 12.5. The lowest BCUT2D eigenvalue weighted by Gasteiger charge is -2.18. The lowest BCUT2D eigenvalue weighted by molar-refractivity contribution is -0.113. The van der Waals surface area contributed by atoms with E-state index in [1.807, 2.05) is 31.2 Å². The molecule has 0 aliphatic heterocycles. The van der Waals surface area contributed by atoms with Crippen LogP contribution >= 0.6 is 23.1 Å². The number of anilines is 1. The van der Waals surface area contributed by atoms with Crippen molar-refractivity contribution in [3.05, 3.63) is 40.5 Å². The van der Waals surface area contributed by atoms with E-state index in [2.05, 4.69) is 22.2 Å². The lowest BCUT2D eigenvalue weighted by Crippen LogP contribution is -2.14. The van der Waals surface area contributed by atoms with Crippen LogP contribution < -0.4 is 10.1 Å². The van der Waals surface area contributed by atoms with Crippen molar-refractivity contribution in [3.8, 4) is 5.75 Å². The topological polar surface area (TPSA) is 64.1 Å². The van der Waals surface area contributed by atoms with Crippen molar-refractivity contribution in [1.82, 2.24) is 9.97 Å². The first kappa shape index (κ1) is 19.2. The smallest absolute Gasteiger partial charge is 0.234 e. The van der Waals surface area contributed by atoms with Crippen LogP contribution in [-0.4, -0.2) is 28.7 Å². The Morgan fingerprint density at radius 3 is 3.07 bits per heavy atom. The van der Waals surface area contributed by atoms with Crippen LogP contribution in [0.15, 0.2) is 29.3 Å². The molecule has 1 N–H and O–H groups in total.